The number of ether oxygens (including phenoxy) is 2. The van der Waals surface area contributed by atoms with Gasteiger partial charge in [-0.15, -0.1) is 0 Å². The number of aliphatic hydroxyl groups excluding tert-OH is 2. The standard InChI is InChI=1S/C10H21NO4/c1-14-2-3-15-7-10(6-11)4-8(12)9(13)5-10/h8-9,12-13H,2-7,11H2,1H3/t8-,9+,10?. The van der Waals surface area contributed by atoms with Gasteiger partial charge in [0.2, 0.25) is 0 Å². The molecule has 0 aromatic carbocycles. The van der Waals surface area contributed by atoms with Gasteiger partial charge in [0.25, 0.3) is 0 Å². The van der Waals surface area contributed by atoms with E-state index in [1.807, 2.05) is 0 Å². The molecule has 0 saturated heterocycles. The number of methoxy groups -OCH3 is 1. The van der Waals surface area contributed by atoms with Crippen molar-refractivity contribution in [2.45, 2.75) is 25.0 Å². The Hall–Kier alpha value is -0.200. The fraction of sp³-hybridized carbons (Fsp3) is 1.00. The maximum Gasteiger partial charge on any atom is 0.0806 e. The molecule has 4 N–H and O–H groups in total. The third-order valence-corrected chi connectivity index (χ3v) is 3.00. The zero-order valence-electron chi connectivity index (χ0n) is 9.19. The van der Waals surface area contributed by atoms with E-state index in [1.165, 1.54) is 0 Å². The normalized spacial score (nSPS) is 36.0. The summed E-state index contributed by atoms with van der Waals surface area (Å²) in [5.41, 5.74) is 5.40. The summed E-state index contributed by atoms with van der Waals surface area (Å²) >= 11 is 0. The zero-order valence-corrected chi connectivity index (χ0v) is 9.19. The van der Waals surface area contributed by atoms with E-state index in [4.69, 9.17) is 15.2 Å². The third-order valence-electron chi connectivity index (χ3n) is 3.00. The third kappa shape index (κ3) is 3.39. The van der Waals surface area contributed by atoms with Gasteiger partial charge in [0.1, 0.15) is 0 Å². The largest absolute Gasteiger partial charge is 0.390 e. The average molecular weight is 219 g/mol. The lowest BCUT2D eigenvalue weighted by Gasteiger charge is -2.26. The Bertz CT molecular complexity index is 178. The monoisotopic (exact) mass is 219 g/mol. The van der Waals surface area contributed by atoms with E-state index in [9.17, 15) is 10.2 Å². The molecule has 1 fully saturated rings. The molecule has 0 heterocycles. The second-order valence-corrected chi connectivity index (χ2v) is 4.29. The van der Waals surface area contributed by atoms with Crippen LogP contribution in [0.15, 0.2) is 0 Å². The molecule has 0 aromatic rings. The van der Waals surface area contributed by atoms with Crippen LogP contribution in [0.1, 0.15) is 12.8 Å². The van der Waals surface area contributed by atoms with Crippen molar-refractivity contribution in [2.24, 2.45) is 11.1 Å². The van der Waals surface area contributed by atoms with E-state index in [-0.39, 0.29) is 5.41 Å². The smallest absolute Gasteiger partial charge is 0.0806 e. The van der Waals surface area contributed by atoms with E-state index >= 15 is 0 Å². The number of rotatable bonds is 6. The fourth-order valence-corrected chi connectivity index (χ4v) is 2.02. The van der Waals surface area contributed by atoms with Gasteiger partial charge in [-0.25, -0.2) is 0 Å². The molecule has 0 spiro atoms. The van der Waals surface area contributed by atoms with E-state index in [0.717, 1.165) is 0 Å². The first-order valence-corrected chi connectivity index (χ1v) is 5.26. The molecule has 5 heteroatoms. The lowest BCUT2D eigenvalue weighted by atomic mass is 9.87. The molecule has 1 saturated carbocycles. The quantitative estimate of drug-likeness (QED) is 0.505. The molecule has 3 atom stereocenters. The maximum absolute atomic E-state index is 9.48. The summed E-state index contributed by atoms with van der Waals surface area (Å²) < 4.78 is 10.3. The molecule has 0 amide bonds. The van der Waals surface area contributed by atoms with E-state index < -0.39 is 12.2 Å². The van der Waals surface area contributed by atoms with Crippen LogP contribution >= 0.6 is 0 Å². The van der Waals surface area contributed by atoms with Crippen LogP contribution in [0.2, 0.25) is 0 Å². The molecule has 0 radical (unpaired) electrons. The topological polar surface area (TPSA) is 84.9 Å². The van der Waals surface area contributed by atoms with Crippen molar-refractivity contribution in [3.05, 3.63) is 0 Å². The molecule has 15 heavy (non-hydrogen) atoms. The summed E-state index contributed by atoms with van der Waals surface area (Å²) in [5.74, 6) is 0. The number of hydrogen-bond acceptors (Lipinski definition) is 5. The minimum absolute atomic E-state index is 0.271. The van der Waals surface area contributed by atoms with Gasteiger partial charge in [0, 0.05) is 19.1 Å². The number of aliphatic hydroxyl groups is 2. The minimum atomic E-state index is -0.667. The van der Waals surface area contributed by atoms with E-state index in [0.29, 0.717) is 39.2 Å². The number of nitrogens with two attached hydrogens (primary N) is 1. The van der Waals surface area contributed by atoms with Crippen molar-refractivity contribution in [3.8, 4) is 0 Å². The van der Waals surface area contributed by atoms with Crippen LogP contribution in [-0.4, -0.2) is 55.9 Å². The van der Waals surface area contributed by atoms with Crippen molar-refractivity contribution in [3.63, 3.8) is 0 Å². The van der Waals surface area contributed by atoms with E-state index in [1.54, 1.807) is 7.11 Å². The predicted octanol–water partition coefficient (Wildman–Crippen LogP) is -0.890. The van der Waals surface area contributed by atoms with Crippen molar-refractivity contribution in [1.82, 2.24) is 0 Å². The highest BCUT2D eigenvalue weighted by atomic mass is 16.5. The van der Waals surface area contributed by atoms with Crippen LogP contribution < -0.4 is 5.73 Å². The molecule has 0 aromatic heterocycles. The molecular formula is C10H21NO4. The Morgan fingerprint density at radius 3 is 2.33 bits per heavy atom. The summed E-state index contributed by atoms with van der Waals surface area (Å²) in [6.07, 6.45) is -0.311. The highest BCUT2D eigenvalue weighted by Crippen LogP contribution is 2.37. The van der Waals surface area contributed by atoms with Crippen LogP contribution in [0.25, 0.3) is 0 Å². The summed E-state index contributed by atoms with van der Waals surface area (Å²) in [4.78, 5) is 0. The van der Waals surface area contributed by atoms with Gasteiger partial charge in [-0.05, 0) is 12.8 Å². The zero-order chi connectivity index (χ0) is 11.3. The summed E-state index contributed by atoms with van der Waals surface area (Å²) in [6.45, 7) is 1.96. The van der Waals surface area contributed by atoms with Crippen molar-refractivity contribution < 1.29 is 19.7 Å². The number of hydrogen-bond donors (Lipinski definition) is 3. The Balaban J connectivity index is 2.34. The average Bonchev–Trinajstić information content (AvgIpc) is 2.51. The molecule has 1 rings (SSSR count). The van der Waals surface area contributed by atoms with Crippen molar-refractivity contribution >= 4 is 0 Å². The van der Waals surface area contributed by atoms with Crippen LogP contribution in [0.5, 0.6) is 0 Å². The second kappa shape index (κ2) is 5.77. The first kappa shape index (κ1) is 12.9. The van der Waals surface area contributed by atoms with Crippen LogP contribution in [0.4, 0.5) is 0 Å². The summed E-state index contributed by atoms with van der Waals surface area (Å²) in [6, 6.07) is 0. The molecule has 1 unspecified atom stereocenters. The van der Waals surface area contributed by atoms with Crippen LogP contribution in [0.3, 0.4) is 0 Å². The van der Waals surface area contributed by atoms with Gasteiger partial charge in [-0.2, -0.15) is 0 Å². The lowest BCUT2D eigenvalue weighted by molar-refractivity contribution is 0.0146. The van der Waals surface area contributed by atoms with Gasteiger partial charge < -0.3 is 25.4 Å². The summed E-state index contributed by atoms with van der Waals surface area (Å²) in [5, 5.41) is 19.0. The van der Waals surface area contributed by atoms with Crippen LogP contribution in [-0.2, 0) is 9.47 Å². The van der Waals surface area contributed by atoms with Crippen LogP contribution in [0, 0.1) is 5.41 Å². The maximum atomic E-state index is 9.48. The van der Waals surface area contributed by atoms with Gasteiger partial charge in [-0.1, -0.05) is 0 Å². The lowest BCUT2D eigenvalue weighted by Crippen LogP contribution is -2.34. The first-order chi connectivity index (χ1) is 7.13. The molecule has 1 aliphatic rings. The van der Waals surface area contributed by atoms with Crippen molar-refractivity contribution in [2.75, 3.05) is 33.5 Å². The van der Waals surface area contributed by atoms with E-state index in [2.05, 4.69) is 0 Å². The molecule has 1 aliphatic carbocycles. The summed E-state index contributed by atoms with van der Waals surface area (Å²) in [7, 11) is 1.62. The Labute approximate surface area is 90.2 Å². The highest BCUT2D eigenvalue weighted by molar-refractivity contribution is 4.95. The Morgan fingerprint density at radius 2 is 1.87 bits per heavy atom. The van der Waals surface area contributed by atoms with Gasteiger partial charge in [-0.3, -0.25) is 0 Å². The predicted molar refractivity (Wildman–Crippen MR) is 55.4 cm³/mol. The van der Waals surface area contributed by atoms with Gasteiger partial charge in [0.05, 0.1) is 32.0 Å². The molecular weight excluding hydrogens is 198 g/mol. The highest BCUT2D eigenvalue weighted by Gasteiger charge is 2.43. The molecule has 0 aliphatic heterocycles. The molecule has 5 nitrogen and oxygen atoms in total. The Morgan fingerprint density at radius 1 is 1.27 bits per heavy atom. The molecule has 90 valence electrons. The van der Waals surface area contributed by atoms with Gasteiger partial charge >= 0.3 is 0 Å². The minimum Gasteiger partial charge on any atom is -0.390 e. The van der Waals surface area contributed by atoms with Crippen molar-refractivity contribution in [1.29, 1.82) is 0 Å². The second-order valence-electron chi connectivity index (χ2n) is 4.29. The van der Waals surface area contributed by atoms with Gasteiger partial charge in [0.15, 0.2) is 0 Å². The SMILES string of the molecule is COCCOCC1(CN)C[C@@H](O)[C@@H](O)C1. The Kier molecular flexibility index (Phi) is 4.95. The first-order valence-electron chi connectivity index (χ1n) is 5.26. The molecule has 0 bridgehead atoms. The fourth-order valence-electron chi connectivity index (χ4n) is 2.02.